The van der Waals surface area contributed by atoms with E-state index in [0.29, 0.717) is 17.0 Å². The van der Waals surface area contributed by atoms with Gasteiger partial charge >= 0.3 is 0 Å². The molecule has 2 saturated heterocycles. The lowest BCUT2D eigenvalue weighted by atomic mass is 9.82. The maximum atomic E-state index is 14.2. The summed E-state index contributed by atoms with van der Waals surface area (Å²) in [6, 6.07) is 9.20. The number of pyridine rings is 1. The molecule has 3 aliphatic heterocycles. The molecule has 0 amide bonds. The van der Waals surface area contributed by atoms with Crippen molar-refractivity contribution in [3.05, 3.63) is 64.3 Å². The van der Waals surface area contributed by atoms with Gasteiger partial charge in [0.2, 0.25) is 0 Å². The Kier molecular flexibility index (Phi) is 3.45. The highest BCUT2D eigenvalue weighted by Gasteiger charge is 2.43. The van der Waals surface area contributed by atoms with Crippen LogP contribution in [0.1, 0.15) is 41.5 Å². The predicted octanol–water partition coefficient (Wildman–Crippen LogP) is 4.78. The van der Waals surface area contributed by atoms with Crippen molar-refractivity contribution in [3.63, 3.8) is 0 Å². The van der Waals surface area contributed by atoms with Gasteiger partial charge in [0.25, 0.3) is 0 Å². The van der Waals surface area contributed by atoms with Gasteiger partial charge in [0, 0.05) is 54.9 Å². The fourth-order valence-corrected chi connectivity index (χ4v) is 6.02. The molecule has 3 aromatic rings. The summed E-state index contributed by atoms with van der Waals surface area (Å²) >= 11 is 5.97. The number of fused-ring (bicyclic) bond motifs is 1. The van der Waals surface area contributed by atoms with Crippen LogP contribution in [0.5, 0.6) is 0 Å². The Morgan fingerprint density at radius 1 is 1.07 bits per heavy atom. The second kappa shape index (κ2) is 5.79. The van der Waals surface area contributed by atoms with Crippen molar-refractivity contribution < 1.29 is 4.39 Å². The van der Waals surface area contributed by atoms with Crippen molar-refractivity contribution in [2.24, 2.45) is 5.92 Å². The molecule has 1 aliphatic carbocycles. The van der Waals surface area contributed by atoms with Crippen molar-refractivity contribution in [1.29, 1.82) is 0 Å². The molecule has 0 saturated carbocycles. The van der Waals surface area contributed by atoms with Crippen LogP contribution in [-0.2, 0) is 6.54 Å². The quantitative estimate of drug-likeness (QED) is 0.595. The third-order valence-corrected chi connectivity index (χ3v) is 6.96. The van der Waals surface area contributed by atoms with E-state index in [1.165, 1.54) is 30.6 Å². The fourth-order valence-electron chi connectivity index (χ4n) is 5.91. The number of rotatable bonds is 2. The first-order valence-electron chi connectivity index (χ1n) is 9.80. The highest BCUT2D eigenvalue weighted by molar-refractivity contribution is 6.29. The van der Waals surface area contributed by atoms with Crippen LogP contribution in [0.4, 0.5) is 4.39 Å². The number of halogens is 2. The van der Waals surface area contributed by atoms with Gasteiger partial charge < -0.3 is 9.47 Å². The summed E-state index contributed by atoms with van der Waals surface area (Å²) < 4.78 is 16.6. The molecule has 0 spiro atoms. The molecule has 1 aromatic carbocycles. The number of hydrogen-bond acceptors (Lipinski definition) is 2. The minimum Gasteiger partial charge on any atom is -0.339 e. The van der Waals surface area contributed by atoms with E-state index in [1.54, 1.807) is 12.1 Å². The number of benzene rings is 1. The molecule has 4 atom stereocenters. The SMILES string of the molecule is Fc1ccc2c(c1)c1c(n2Cc2ccc(Cl)nc2)[C@@H]2CC3C[C@@H]1CN(C3)C2. The standard InChI is InChI=1S/C22H21ClFN3/c23-20-4-1-13(8-25-20)10-27-19-3-2-17(24)7-18(19)21-15-5-14-6-16(22(21)27)12-26(9-14)11-15/h1-4,7-8,14-16H,5-6,9-12H2/t14?,15-,16-/m1/s1. The summed E-state index contributed by atoms with van der Waals surface area (Å²) in [5, 5.41) is 1.63. The molecular weight excluding hydrogens is 361 g/mol. The molecule has 0 radical (unpaired) electrons. The molecule has 27 heavy (non-hydrogen) atoms. The maximum Gasteiger partial charge on any atom is 0.129 e. The maximum absolute atomic E-state index is 14.2. The molecule has 5 heterocycles. The Morgan fingerprint density at radius 2 is 1.93 bits per heavy atom. The average Bonchev–Trinajstić information content (AvgIpc) is 2.85. The average molecular weight is 382 g/mol. The first-order chi connectivity index (χ1) is 13.2. The topological polar surface area (TPSA) is 21.1 Å². The lowest BCUT2D eigenvalue weighted by Crippen LogP contribution is -2.44. The van der Waals surface area contributed by atoms with Crippen LogP contribution < -0.4 is 0 Å². The van der Waals surface area contributed by atoms with E-state index in [4.69, 9.17) is 11.6 Å². The smallest absolute Gasteiger partial charge is 0.129 e. The van der Waals surface area contributed by atoms with Gasteiger partial charge in [0.15, 0.2) is 0 Å². The second-order valence-corrected chi connectivity index (χ2v) is 8.87. The molecule has 3 nitrogen and oxygen atoms in total. The van der Waals surface area contributed by atoms with E-state index >= 15 is 0 Å². The number of hydrogen-bond donors (Lipinski definition) is 0. The zero-order valence-electron chi connectivity index (χ0n) is 15.0. The molecule has 0 N–H and O–H groups in total. The van der Waals surface area contributed by atoms with Crippen LogP contribution in [0.2, 0.25) is 5.15 Å². The lowest BCUT2D eigenvalue weighted by molar-refractivity contribution is 0.103. The summed E-state index contributed by atoms with van der Waals surface area (Å²) in [5.74, 6) is 1.71. The van der Waals surface area contributed by atoms with Crippen LogP contribution in [0.15, 0.2) is 36.5 Å². The van der Waals surface area contributed by atoms with E-state index in [2.05, 4.69) is 14.5 Å². The van der Waals surface area contributed by atoms with E-state index in [9.17, 15) is 4.39 Å². The van der Waals surface area contributed by atoms with Gasteiger partial charge in [-0.1, -0.05) is 17.7 Å². The number of aromatic nitrogens is 2. The third kappa shape index (κ3) is 2.46. The summed E-state index contributed by atoms with van der Waals surface area (Å²) in [5.41, 5.74) is 5.15. The van der Waals surface area contributed by atoms with Gasteiger partial charge in [-0.05, 0) is 60.1 Å². The predicted molar refractivity (Wildman–Crippen MR) is 105 cm³/mol. The van der Waals surface area contributed by atoms with Gasteiger partial charge in [-0.15, -0.1) is 0 Å². The van der Waals surface area contributed by atoms with E-state index in [-0.39, 0.29) is 5.82 Å². The van der Waals surface area contributed by atoms with Crippen molar-refractivity contribution in [2.45, 2.75) is 31.2 Å². The van der Waals surface area contributed by atoms with Gasteiger partial charge in [-0.25, -0.2) is 9.37 Å². The second-order valence-electron chi connectivity index (χ2n) is 8.49. The molecule has 138 valence electrons. The molecule has 5 heteroatoms. The highest BCUT2D eigenvalue weighted by Crippen LogP contribution is 2.50. The van der Waals surface area contributed by atoms with Gasteiger partial charge in [-0.3, -0.25) is 0 Å². The lowest BCUT2D eigenvalue weighted by Gasteiger charge is -2.41. The molecule has 4 bridgehead atoms. The molecule has 2 unspecified atom stereocenters. The Labute approximate surface area is 162 Å². The zero-order chi connectivity index (χ0) is 18.1. The van der Waals surface area contributed by atoms with E-state index < -0.39 is 0 Å². The van der Waals surface area contributed by atoms with Crippen LogP contribution in [0.3, 0.4) is 0 Å². The summed E-state index contributed by atoms with van der Waals surface area (Å²) in [4.78, 5) is 6.89. The summed E-state index contributed by atoms with van der Waals surface area (Å²) in [7, 11) is 0. The minimum absolute atomic E-state index is 0.139. The van der Waals surface area contributed by atoms with E-state index in [0.717, 1.165) is 42.0 Å². The Hall–Kier alpha value is -1.91. The third-order valence-electron chi connectivity index (χ3n) is 6.74. The molecule has 7 rings (SSSR count). The minimum atomic E-state index is -0.139. The van der Waals surface area contributed by atoms with Gasteiger partial charge in [0.05, 0.1) is 0 Å². The fraction of sp³-hybridized carbons (Fsp3) is 0.409. The summed E-state index contributed by atoms with van der Waals surface area (Å²) in [6.45, 7) is 4.26. The first kappa shape index (κ1) is 16.1. The van der Waals surface area contributed by atoms with Crippen molar-refractivity contribution >= 4 is 22.5 Å². The molecule has 2 fully saturated rings. The Balaban J connectivity index is 1.58. The molecule has 4 aliphatic rings. The first-order valence-corrected chi connectivity index (χ1v) is 10.2. The molecule has 2 aromatic heterocycles. The number of nitrogens with zero attached hydrogens (tertiary/aromatic N) is 3. The largest absolute Gasteiger partial charge is 0.339 e. The normalized spacial score (nSPS) is 28.5. The monoisotopic (exact) mass is 381 g/mol. The Morgan fingerprint density at radius 3 is 2.74 bits per heavy atom. The highest BCUT2D eigenvalue weighted by atomic mass is 35.5. The van der Waals surface area contributed by atoms with Crippen molar-refractivity contribution in [2.75, 3.05) is 19.6 Å². The van der Waals surface area contributed by atoms with Crippen LogP contribution in [0, 0.1) is 11.7 Å². The Bertz CT molecular complexity index is 1030. The van der Waals surface area contributed by atoms with Gasteiger partial charge in [-0.2, -0.15) is 0 Å². The molecular formula is C22H21ClFN3. The van der Waals surface area contributed by atoms with Crippen LogP contribution in [0.25, 0.3) is 10.9 Å². The summed E-state index contributed by atoms with van der Waals surface area (Å²) in [6.07, 6.45) is 4.36. The van der Waals surface area contributed by atoms with Crippen molar-refractivity contribution in [3.8, 4) is 0 Å². The van der Waals surface area contributed by atoms with E-state index in [1.807, 2.05) is 24.4 Å². The van der Waals surface area contributed by atoms with Crippen LogP contribution >= 0.6 is 11.6 Å². The zero-order valence-corrected chi connectivity index (χ0v) is 15.8. The van der Waals surface area contributed by atoms with Crippen LogP contribution in [-0.4, -0.2) is 34.1 Å². The van der Waals surface area contributed by atoms with Gasteiger partial charge in [0.1, 0.15) is 11.0 Å². The van der Waals surface area contributed by atoms with Crippen molar-refractivity contribution in [1.82, 2.24) is 14.5 Å². The number of piperidine rings is 2.